The Balaban J connectivity index is 1.51. The van der Waals surface area contributed by atoms with Gasteiger partial charge in [-0.15, -0.1) is 5.10 Å². The molecule has 0 aliphatic rings. The fourth-order valence-electron chi connectivity index (χ4n) is 3.23. The van der Waals surface area contributed by atoms with Gasteiger partial charge in [0.2, 0.25) is 11.9 Å². The average Bonchev–Trinajstić information content (AvgIpc) is 3.27. The predicted molar refractivity (Wildman–Crippen MR) is 140 cm³/mol. The van der Waals surface area contributed by atoms with Crippen LogP contribution in [0.5, 0.6) is 5.75 Å². The van der Waals surface area contributed by atoms with Gasteiger partial charge in [0, 0.05) is 22.0 Å². The van der Waals surface area contributed by atoms with Gasteiger partial charge in [0.15, 0.2) is 0 Å². The molecule has 7 nitrogen and oxygen atoms in total. The number of methoxy groups -OCH3 is 1. The van der Waals surface area contributed by atoms with Gasteiger partial charge in [0.25, 0.3) is 5.91 Å². The van der Waals surface area contributed by atoms with Gasteiger partial charge >= 0.3 is 0 Å². The lowest BCUT2D eigenvalue weighted by Gasteiger charge is -2.08. The van der Waals surface area contributed by atoms with Gasteiger partial charge in [-0.1, -0.05) is 68.3 Å². The highest BCUT2D eigenvalue weighted by Crippen LogP contribution is 2.17. The van der Waals surface area contributed by atoms with Crippen molar-refractivity contribution in [2.24, 2.45) is 0 Å². The Labute approximate surface area is 214 Å². The Kier molecular flexibility index (Phi) is 7.97. The highest BCUT2D eigenvalue weighted by molar-refractivity contribution is 9.10. The number of carbonyl (C=O) groups excluding carboxylic acids is 1. The van der Waals surface area contributed by atoms with Crippen LogP contribution in [0.3, 0.4) is 0 Å². The molecule has 0 aliphatic carbocycles. The van der Waals surface area contributed by atoms with Crippen molar-refractivity contribution < 1.29 is 9.53 Å². The minimum atomic E-state index is -0.187. The molecule has 0 unspecified atom stereocenters. The maximum atomic E-state index is 13.1. The molecule has 1 heterocycles. The fourth-order valence-corrected chi connectivity index (χ4v) is 3.76. The smallest absolute Gasteiger partial charge is 0.254 e. The zero-order valence-corrected chi connectivity index (χ0v) is 21.6. The Hall–Kier alpha value is -3.17. The molecule has 4 rings (SSSR count). The Morgan fingerprint density at radius 2 is 1.35 bits per heavy atom. The van der Waals surface area contributed by atoms with Crippen molar-refractivity contribution in [3.05, 3.63) is 98.4 Å². The van der Waals surface area contributed by atoms with Crippen LogP contribution >= 0.6 is 31.9 Å². The average molecular weight is 585 g/mol. The summed E-state index contributed by atoms with van der Waals surface area (Å²) in [5.74, 6) is 1.32. The number of ether oxygens (including phenoxy) is 1. The lowest BCUT2D eigenvalue weighted by molar-refractivity contribution is 0.0901. The second-order valence-corrected chi connectivity index (χ2v) is 9.38. The molecule has 0 bridgehead atoms. The van der Waals surface area contributed by atoms with Gasteiger partial charge in [-0.2, -0.15) is 9.67 Å². The number of halogens is 2. The molecule has 9 heteroatoms. The molecule has 0 aliphatic heterocycles. The van der Waals surface area contributed by atoms with Crippen molar-refractivity contribution in [1.82, 2.24) is 14.8 Å². The molecule has 2 N–H and O–H groups in total. The quantitative estimate of drug-likeness (QED) is 0.254. The number of carbonyl (C=O) groups is 1. The van der Waals surface area contributed by atoms with Crippen molar-refractivity contribution in [1.29, 1.82) is 0 Å². The van der Waals surface area contributed by atoms with E-state index in [9.17, 15) is 4.79 Å². The van der Waals surface area contributed by atoms with E-state index in [0.717, 1.165) is 31.4 Å². The third-order valence-corrected chi connectivity index (χ3v) is 6.14. The van der Waals surface area contributed by atoms with E-state index in [1.165, 1.54) is 4.68 Å². The molecular weight excluding hydrogens is 562 g/mol. The summed E-state index contributed by atoms with van der Waals surface area (Å²) < 4.78 is 8.55. The van der Waals surface area contributed by atoms with E-state index >= 15 is 0 Å². The van der Waals surface area contributed by atoms with E-state index < -0.39 is 0 Å². The third-order valence-electron chi connectivity index (χ3n) is 5.09. The van der Waals surface area contributed by atoms with Gasteiger partial charge in [-0.25, -0.2) is 0 Å². The van der Waals surface area contributed by atoms with Crippen LogP contribution in [-0.2, 0) is 19.5 Å². The van der Waals surface area contributed by atoms with Crippen LogP contribution in [0.15, 0.2) is 81.7 Å². The van der Waals surface area contributed by atoms with Crippen LogP contribution < -0.4 is 15.4 Å². The molecule has 0 spiro atoms. The van der Waals surface area contributed by atoms with Gasteiger partial charge < -0.3 is 15.4 Å². The molecule has 0 saturated heterocycles. The van der Waals surface area contributed by atoms with Gasteiger partial charge in [0.05, 0.1) is 13.5 Å². The second-order valence-electron chi connectivity index (χ2n) is 7.55. The van der Waals surface area contributed by atoms with E-state index in [1.807, 2.05) is 72.8 Å². The van der Waals surface area contributed by atoms with Gasteiger partial charge in [0.1, 0.15) is 5.75 Å². The van der Waals surface area contributed by atoms with Crippen molar-refractivity contribution in [3.8, 4) is 5.75 Å². The second kappa shape index (κ2) is 11.3. The topological polar surface area (TPSA) is 81.1 Å². The number of anilines is 2. The fraction of sp³-hybridized carbons (Fsp3) is 0.160. The molecule has 3 aromatic carbocycles. The molecule has 0 atom stereocenters. The first-order valence-corrected chi connectivity index (χ1v) is 12.2. The van der Waals surface area contributed by atoms with E-state index in [1.54, 1.807) is 7.11 Å². The van der Waals surface area contributed by atoms with Crippen molar-refractivity contribution in [2.75, 3.05) is 17.7 Å². The summed E-state index contributed by atoms with van der Waals surface area (Å²) in [4.78, 5) is 17.7. The highest BCUT2D eigenvalue weighted by Gasteiger charge is 2.17. The van der Waals surface area contributed by atoms with E-state index in [4.69, 9.17) is 4.74 Å². The normalized spacial score (nSPS) is 10.7. The summed E-state index contributed by atoms with van der Waals surface area (Å²) in [6.45, 7) is 1.05. The predicted octanol–water partition coefficient (Wildman–Crippen LogP) is 5.92. The highest BCUT2D eigenvalue weighted by atomic mass is 79.9. The molecule has 4 aromatic rings. The number of nitrogens with zero attached hydrogens (tertiary/aromatic N) is 3. The SMILES string of the molecule is COc1ccc(CC(=O)n2nc(NCc3ccc(Br)cc3)nc2NCc2ccc(Br)cc2)cc1. The van der Waals surface area contributed by atoms with E-state index in [-0.39, 0.29) is 12.3 Å². The van der Waals surface area contributed by atoms with Crippen molar-refractivity contribution >= 4 is 49.7 Å². The molecule has 0 fully saturated rings. The Morgan fingerprint density at radius 3 is 1.91 bits per heavy atom. The number of benzene rings is 3. The third kappa shape index (κ3) is 6.45. The summed E-state index contributed by atoms with van der Waals surface area (Å²) >= 11 is 6.89. The van der Waals surface area contributed by atoms with Crippen molar-refractivity contribution in [3.63, 3.8) is 0 Å². The first-order valence-electron chi connectivity index (χ1n) is 10.6. The molecule has 174 valence electrons. The summed E-state index contributed by atoms with van der Waals surface area (Å²) in [6, 6.07) is 23.3. The van der Waals surface area contributed by atoms with Crippen LogP contribution in [0.4, 0.5) is 11.9 Å². The molecule has 34 heavy (non-hydrogen) atoms. The minimum Gasteiger partial charge on any atom is -0.497 e. The minimum absolute atomic E-state index is 0.187. The number of hydrogen-bond acceptors (Lipinski definition) is 6. The van der Waals surface area contributed by atoms with Crippen LogP contribution in [0.2, 0.25) is 0 Å². The monoisotopic (exact) mass is 583 g/mol. The molecule has 0 amide bonds. The number of rotatable bonds is 9. The van der Waals surface area contributed by atoms with E-state index in [2.05, 4.69) is 52.6 Å². The van der Waals surface area contributed by atoms with Crippen LogP contribution in [0, 0.1) is 0 Å². The van der Waals surface area contributed by atoms with Crippen LogP contribution in [0.25, 0.3) is 0 Å². The summed E-state index contributed by atoms with van der Waals surface area (Å²) in [5.41, 5.74) is 3.00. The van der Waals surface area contributed by atoms with Crippen LogP contribution in [-0.4, -0.2) is 27.8 Å². The first kappa shape index (κ1) is 24.0. The first-order chi connectivity index (χ1) is 16.5. The number of nitrogens with one attached hydrogen (secondary N) is 2. The zero-order chi connectivity index (χ0) is 23.9. The van der Waals surface area contributed by atoms with Gasteiger partial charge in [-0.3, -0.25) is 4.79 Å². The molecule has 1 aromatic heterocycles. The molecule has 0 saturated carbocycles. The lowest BCUT2D eigenvalue weighted by atomic mass is 10.1. The molecule has 0 radical (unpaired) electrons. The van der Waals surface area contributed by atoms with Crippen LogP contribution in [0.1, 0.15) is 21.5 Å². The number of hydrogen-bond donors (Lipinski definition) is 2. The zero-order valence-electron chi connectivity index (χ0n) is 18.5. The molecular formula is C25H23Br2N5O2. The Morgan fingerprint density at radius 1 is 0.824 bits per heavy atom. The Bertz CT molecular complexity index is 1240. The lowest BCUT2D eigenvalue weighted by Crippen LogP contribution is -2.18. The maximum Gasteiger partial charge on any atom is 0.254 e. The van der Waals surface area contributed by atoms with E-state index in [0.29, 0.717) is 25.0 Å². The summed E-state index contributed by atoms with van der Waals surface area (Å²) in [6.07, 6.45) is 0.187. The number of aromatic nitrogens is 3. The maximum absolute atomic E-state index is 13.1. The standard InChI is InChI=1S/C25H23Br2N5O2/c1-34-22-12-6-17(7-13-22)14-23(33)32-25(29-16-19-4-10-21(27)11-5-19)30-24(31-32)28-15-18-2-8-20(26)9-3-18/h2-13H,14-16H2,1H3,(H2,28,29,30,31). The van der Waals surface area contributed by atoms with Gasteiger partial charge in [-0.05, 0) is 53.1 Å². The van der Waals surface area contributed by atoms with Crippen molar-refractivity contribution in [2.45, 2.75) is 19.5 Å². The largest absolute Gasteiger partial charge is 0.497 e. The summed E-state index contributed by atoms with van der Waals surface area (Å²) in [5, 5.41) is 10.9. The summed E-state index contributed by atoms with van der Waals surface area (Å²) in [7, 11) is 1.61.